The molecule has 10 heteroatoms. The van der Waals surface area contributed by atoms with Gasteiger partial charge in [-0.3, -0.25) is 4.79 Å². The third-order valence-electron chi connectivity index (χ3n) is 2.88. The first-order valence-electron chi connectivity index (χ1n) is 6.57. The number of amides is 1. The second-order valence-electron chi connectivity index (χ2n) is 4.72. The standard InChI is InChI=1S/C14H14N4O3S2.Li/c1-7(13(20)21)15-8-2-4-9(5-3-8)16-12(19)10-6-11(22)18-14(23)17-10;/h2-7,15H,1H3,(H,16,19)(H,20,21)(H2,17,18,22,23);/q;+1/p-1. The van der Waals surface area contributed by atoms with Gasteiger partial charge in [0.25, 0.3) is 5.91 Å². The van der Waals surface area contributed by atoms with Gasteiger partial charge in [0.1, 0.15) is 10.3 Å². The molecule has 0 spiro atoms. The predicted octanol–water partition coefficient (Wildman–Crippen LogP) is -1.39. The van der Waals surface area contributed by atoms with Gasteiger partial charge >= 0.3 is 18.9 Å². The van der Waals surface area contributed by atoms with E-state index in [0.717, 1.165) is 0 Å². The topological polar surface area (TPSA) is 113 Å². The third-order valence-corrected chi connectivity index (χ3v) is 3.31. The number of carboxylic acid groups (broad SMARTS) is 1. The number of nitrogens with one attached hydrogen (secondary N) is 4. The number of aromatic nitrogens is 2. The zero-order valence-corrected chi connectivity index (χ0v) is 14.6. The third kappa shape index (κ3) is 5.61. The quantitative estimate of drug-likeness (QED) is 0.388. The first-order chi connectivity index (χ1) is 10.8. The molecule has 0 bridgehead atoms. The number of carboxylic acids is 1. The summed E-state index contributed by atoms with van der Waals surface area (Å²) in [6.45, 7) is 1.48. The van der Waals surface area contributed by atoms with Crippen molar-refractivity contribution in [3.05, 3.63) is 45.4 Å². The van der Waals surface area contributed by atoms with Crippen LogP contribution in [0.1, 0.15) is 17.4 Å². The summed E-state index contributed by atoms with van der Waals surface area (Å²) >= 11 is 9.90. The molecule has 1 unspecified atom stereocenters. The molecule has 0 saturated carbocycles. The van der Waals surface area contributed by atoms with Crippen LogP contribution in [-0.2, 0) is 4.79 Å². The Kier molecular flexibility index (Phi) is 7.38. The molecule has 2 rings (SSSR count). The minimum atomic E-state index is -1.20. The van der Waals surface area contributed by atoms with E-state index in [1.165, 1.54) is 13.0 Å². The summed E-state index contributed by atoms with van der Waals surface area (Å²) in [4.78, 5) is 28.2. The molecule has 0 aliphatic heterocycles. The van der Waals surface area contributed by atoms with Crippen molar-refractivity contribution in [2.45, 2.75) is 13.0 Å². The maximum absolute atomic E-state index is 12.1. The zero-order chi connectivity index (χ0) is 17.0. The van der Waals surface area contributed by atoms with Gasteiger partial charge < -0.3 is 30.5 Å². The van der Waals surface area contributed by atoms with Gasteiger partial charge in [0.2, 0.25) is 0 Å². The molecule has 120 valence electrons. The Morgan fingerprint density at radius 2 is 1.71 bits per heavy atom. The van der Waals surface area contributed by atoms with Crippen LogP contribution in [0.25, 0.3) is 0 Å². The Hall–Kier alpha value is -1.92. The molecule has 0 fully saturated rings. The van der Waals surface area contributed by atoms with E-state index in [2.05, 4.69) is 20.6 Å². The number of carbonyl (C=O) groups excluding carboxylic acids is 2. The summed E-state index contributed by atoms with van der Waals surface area (Å²) in [6.07, 6.45) is 0. The number of carbonyl (C=O) groups is 2. The smallest absolute Gasteiger partial charge is 0.548 e. The molecule has 2 aromatic rings. The maximum atomic E-state index is 12.1. The Morgan fingerprint density at radius 3 is 2.25 bits per heavy atom. The van der Waals surface area contributed by atoms with Crippen LogP contribution in [0.4, 0.5) is 11.4 Å². The van der Waals surface area contributed by atoms with Crippen LogP contribution in [0.5, 0.6) is 0 Å². The Morgan fingerprint density at radius 1 is 1.12 bits per heavy atom. The number of anilines is 2. The number of H-pyrrole nitrogens is 2. The fraction of sp³-hybridized carbons (Fsp3) is 0.143. The number of rotatable bonds is 5. The number of aromatic amines is 2. The van der Waals surface area contributed by atoms with Crippen molar-refractivity contribution in [1.82, 2.24) is 9.97 Å². The van der Waals surface area contributed by atoms with Crippen molar-refractivity contribution >= 4 is 47.7 Å². The van der Waals surface area contributed by atoms with Gasteiger partial charge in [-0.1, -0.05) is 12.2 Å². The van der Waals surface area contributed by atoms with E-state index in [-0.39, 0.29) is 35.2 Å². The van der Waals surface area contributed by atoms with Crippen LogP contribution < -0.4 is 34.6 Å². The fourth-order valence-electron chi connectivity index (χ4n) is 1.75. The molecule has 0 aliphatic carbocycles. The van der Waals surface area contributed by atoms with Crippen LogP contribution in [0.3, 0.4) is 0 Å². The minimum absolute atomic E-state index is 0. The van der Waals surface area contributed by atoms with E-state index in [0.29, 0.717) is 16.0 Å². The van der Waals surface area contributed by atoms with E-state index < -0.39 is 12.0 Å². The monoisotopic (exact) mass is 356 g/mol. The Balaban J connectivity index is 0.00000288. The van der Waals surface area contributed by atoms with Crippen LogP contribution >= 0.6 is 24.4 Å². The molecule has 0 saturated heterocycles. The molecule has 1 amide bonds. The van der Waals surface area contributed by atoms with Gasteiger partial charge in [0.15, 0.2) is 4.77 Å². The van der Waals surface area contributed by atoms with Crippen molar-refractivity contribution in [3.63, 3.8) is 0 Å². The van der Waals surface area contributed by atoms with E-state index in [1.54, 1.807) is 24.3 Å². The van der Waals surface area contributed by atoms with E-state index in [9.17, 15) is 14.7 Å². The van der Waals surface area contributed by atoms with Crippen LogP contribution in [0, 0.1) is 9.41 Å². The second-order valence-corrected chi connectivity index (χ2v) is 5.57. The summed E-state index contributed by atoms with van der Waals surface area (Å²) in [7, 11) is 0. The zero-order valence-electron chi connectivity index (χ0n) is 13.0. The number of benzene rings is 1. The molecule has 4 N–H and O–H groups in total. The first kappa shape index (κ1) is 20.1. The van der Waals surface area contributed by atoms with Gasteiger partial charge in [-0.2, -0.15) is 0 Å². The van der Waals surface area contributed by atoms with Gasteiger partial charge in [-0.05, 0) is 43.4 Å². The van der Waals surface area contributed by atoms with Gasteiger partial charge in [-0.15, -0.1) is 0 Å². The number of hydrogen-bond acceptors (Lipinski definition) is 6. The van der Waals surface area contributed by atoms with Crippen molar-refractivity contribution < 1.29 is 33.6 Å². The van der Waals surface area contributed by atoms with Crippen molar-refractivity contribution in [2.24, 2.45) is 0 Å². The van der Waals surface area contributed by atoms with Crippen LogP contribution in [0.2, 0.25) is 0 Å². The molecular weight excluding hydrogens is 343 g/mol. The Labute approximate surface area is 160 Å². The molecule has 1 aromatic carbocycles. The predicted molar refractivity (Wildman–Crippen MR) is 89.3 cm³/mol. The van der Waals surface area contributed by atoms with Gasteiger partial charge in [-0.25, -0.2) is 0 Å². The summed E-state index contributed by atoms with van der Waals surface area (Å²) in [5.41, 5.74) is 1.38. The van der Waals surface area contributed by atoms with E-state index in [1.807, 2.05) is 0 Å². The molecule has 0 aliphatic rings. The largest absolute Gasteiger partial charge is 1.00 e. The molecule has 7 nitrogen and oxygen atoms in total. The second kappa shape index (κ2) is 8.80. The molecule has 24 heavy (non-hydrogen) atoms. The van der Waals surface area contributed by atoms with Crippen LogP contribution in [0.15, 0.2) is 30.3 Å². The Bertz CT molecular complexity index is 820. The number of hydrogen-bond donors (Lipinski definition) is 4. The fourth-order valence-corrected chi connectivity index (χ4v) is 2.25. The minimum Gasteiger partial charge on any atom is -0.548 e. The summed E-state index contributed by atoms with van der Waals surface area (Å²) < 4.78 is 0.619. The summed E-state index contributed by atoms with van der Waals surface area (Å²) in [6, 6.07) is 7.23. The average Bonchev–Trinajstić information content (AvgIpc) is 2.48. The molecule has 0 radical (unpaired) electrons. The van der Waals surface area contributed by atoms with Crippen molar-refractivity contribution in [1.29, 1.82) is 0 Å². The maximum Gasteiger partial charge on any atom is 1.00 e. The van der Waals surface area contributed by atoms with Crippen LogP contribution in [-0.4, -0.2) is 27.9 Å². The van der Waals surface area contributed by atoms with Crippen molar-refractivity contribution in [3.8, 4) is 0 Å². The average molecular weight is 356 g/mol. The van der Waals surface area contributed by atoms with E-state index in [4.69, 9.17) is 24.4 Å². The molecular formula is C14H13LiN4O3S2. The summed E-state index contributed by atoms with van der Waals surface area (Å²) in [5, 5.41) is 16.1. The molecule has 1 heterocycles. The van der Waals surface area contributed by atoms with E-state index >= 15 is 0 Å². The molecule has 1 atom stereocenters. The SMILES string of the molecule is CC(Nc1ccc(NC(=O)c2cc(=S)[nH]c(=S)[nH]2)cc1)C(=O)[O-].[Li+]. The molecule has 1 aromatic heterocycles. The van der Waals surface area contributed by atoms with Gasteiger partial charge in [0, 0.05) is 17.4 Å². The normalized spacial score (nSPS) is 11.0. The van der Waals surface area contributed by atoms with Crippen molar-refractivity contribution in [2.75, 3.05) is 10.6 Å². The summed E-state index contributed by atoms with van der Waals surface area (Å²) in [5.74, 6) is -1.58. The number of aliphatic carboxylic acids is 1. The first-order valence-corrected chi connectivity index (χ1v) is 7.39. The van der Waals surface area contributed by atoms with Gasteiger partial charge in [0.05, 0.1) is 12.0 Å².